The maximum absolute atomic E-state index is 12.3. The summed E-state index contributed by atoms with van der Waals surface area (Å²) in [4.78, 5) is 24.3. The van der Waals surface area contributed by atoms with Gasteiger partial charge in [-0.1, -0.05) is 0 Å². The van der Waals surface area contributed by atoms with Crippen LogP contribution in [0.15, 0.2) is 21.3 Å². The van der Waals surface area contributed by atoms with E-state index in [9.17, 15) is 9.59 Å². The Balaban J connectivity index is 2.58. The van der Waals surface area contributed by atoms with E-state index >= 15 is 0 Å². The molecule has 1 N–H and O–H groups in total. The third-order valence-electron chi connectivity index (χ3n) is 3.58. The van der Waals surface area contributed by atoms with E-state index in [0.717, 1.165) is 5.39 Å². The van der Waals surface area contributed by atoms with E-state index in [2.05, 4.69) is 5.32 Å². The molecule has 2 rings (SSSR count). The third-order valence-corrected chi connectivity index (χ3v) is 3.58. The number of aryl methyl sites for hydroxylation is 1. The molecule has 1 amide bonds. The quantitative estimate of drug-likeness (QED) is 0.855. The van der Waals surface area contributed by atoms with E-state index in [1.807, 2.05) is 13.8 Å². The standard InChI is InChI=1S/C17H21NO5/c1-9(2)18-14(19)8-12-10(3)11-6-7-13(21-4)16(22-5)15(11)23-17(12)20/h6-7,9H,8H2,1-5H3,(H,18,19). The summed E-state index contributed by atoms with van der Waals surface area (Å²) in [5, 5.41) is 3.49. The molecule has 1 aromatic carbocycles. The average molecular weight is 319 g/mol. The molecule has 0 fully saturated rings. The fourth-order valence-electron chi connectivity index (χ4n) is 2.50. The number of rotatable bonds is 5. The number of methoxy groups -OCH3 is 2. The predicted molar refractivity (Wildman–Crippen MR) is 87.3 cm³/mol. The van der Waals surface area contributed by atoms with Gasteiger partial charge in [0.25, 0.3) is 0 Å². The lowest BCUT2D eigenvalue weighted by Gasteiger charge is -2.13. The van der Waals surface area contributed by atoms with Crippen LogP contribution in [0.5, 0.6) is 11.5 Å². The van der Waals surface area contributed by atoms with Crippen molar-refractivity contribution in [3.05, 3.63) is 33.7 Å². The van der Waals surface area contributed by atoms with Crippen molar-refractivity contribution in [1.29, 1.82) is 0 Å². The van der Waals surface area contributed by atoms with E-state index in [1.54, 1.807) is 19.1 Å². The van der Waals surface area contributed by atoms with E-state index in [0.29, 0.717) is 28.2 Å². The normalized spacial score (nSPS) is 10.9. The predicted octanol–water partition coefficient (Wildman–Crippen LogP) is 2.19. The van der Waals surface area contributed by atoms with E-state index in [-0.39, 0.29) is 18.4 Å². The molecule has 0 radical (unpaired) electrons. The molecule has 6 nitrogen and oxygen atoms in total. The van der Waals surface area contributed by atoms with E-state index in [4.69, 9.17) is 13.9 Å². The highest BCUT2D eigenvalue weighted by molar-refractivity contribution is 5.89. The zero-order valence-corrected chi connectivity index (χ0v) is 14.0. The molecular formula is C17H21NO5. The zero-order valence-electron chi connectivity index (χ0n) is 14.0. The van der Waals surface area contributed by atoms with Crippen LogP contribution in [0, 0.1) is 6.92 Å². The van der Waals surface area contributed by atoms with Crippen LogP contribution < -0.4 is 20.4 Å². The molecule has 0 aliphatic rings. The Bertz CT molecular complexity index is 792. The molecule has 0 aliphatic carbocycles. The molecule has 1 aromatic heterocycles. The minimum absolute atomic E-state index is 0.0136. The summed E-state index contributed by atoms with van der Waals surface area (Å²) in [6.45, 7) is 5.53. The largest absolute Gasteiger partial charge is 0.493 e. The summed E-state index contributed by atoms with van der Waals surface area (Å²) >= 11 is 0. The number of amides is 1. The number of ether oxygens (including phenoxy) is 2. The summed E-state index contributed by atoms with van der Waals surface area (Å²) in [7, 11) is 3.00. The highest BCUT2D eigenvalue weighted by atomic mass is 16.5. The minimum atomic E-state index is -0.541. The van der Waals surface area contributed by atoms with Crippen LogP contribution in [0.3, 0.4) is 0 Å². The van der Waals surface area contributed by atoms with Gasteiger partial charge in [-0.2, -0.15) is 0 Å². The van der Waals surface area contributed by atoms with Crippen molar-refractivity contribution in [3.63, 3.8) is 0 Å². The molecule has 0 bridgehead atoms. The van der Waals surface area contributed by atoms with Crippen molar-refractivity contribution < 1.29 is 18.7 Å². The van der Waals surface area contributed by atoms with Crippen LogP contribution in [-0.2, 0) is 11.2 Å². The monoisotopic (exact) mass is 319 g/mol. The number of nitrogens with one attached hydrogen (secondary N) is 1. The van der Waals surface area contributed by atoms with Crippen molar-refractivity contribution in [2.45, 2.75) is 33.2 Å². The van der Waals surface area contributed by atoms with Crippen molar-refractivity contribution >= 4 is 16.9 Å². The number of hydrogen-bond acceptors (Lipinski definition) is 5. The topological polar surface area (TPSA) is 77.8 Å². The van der Waals surface area contributed by atoms with Gasteiger partial charge in [-0.15, -0.1) is 0 Å². The van der Waals surface area contributed by atoms with Crippen LogP contribution in [0.4, 0.5) is 0 Å². The summed E-state index contributed by atoms with van der Waals surface area (Å²) < 4.78 is 15.9. The maximum Gasteiger partial charge on any atom is 0.340 e. The maximum atomic E-state index is 12.3. The summed E-state index contributed by atoms with van der Waals surface area (Å²) in [6, 6.07) is 3.55. The van der Waals surface area contributed by atoms with Crippen molar-refractivity contribution in [2.24, 2.45) is 0 Å². The number of benzene rings is 1. The van der Waals surface area contributed by atoms with Gasteiger partial charge < -0.3 is 19.2 Å². The van der Waals surface area contributed by atoms with Crippen LogP contribution in [0.1, 0.15) is 25.0 Å². The van der Waals surface area contributed by atoms with E-state index < -0.39 is 5.63 Å². The lowest BCUT2D eigenvalue weighted by Crippen LogP contribution is -2.33. The molecule has 2 aromatic rings. The molecule has 6 heteroatoms. The smallest absolute Gasteiger partial charge is 0.340 e. The van der Waals surface area contributed by atoms with Gasteiger partial charge in [0.2, 0.25) is 11.7 Å². The van der Waals surface area contributed by atoms with Crippen LogP contribution in [0.25, 0.3) is 11.0 Å². The van der Waals surface area contributed by atoms with Crippen LogP contribution in [-0.4, -0.2) is 26.2 Å². The lowest BCUT2D eigenvalue weighted by molar-refractivity contribution is -0.120. The fourth-order valence-corrected chi connectivity index (χ4v) is 2.50. The Morgan fingerprint density at radius 2 is 1.96 bits per heavy atom. The first-order chi connectivity index (χ1) is 10.9. The fraction of sp³-hybridized carbons (Fsp3) is 0.412. The number of fused-ring (bicyclic) bond motifs is 1. The summed E-state index contributed by atoms with van der Waals surface area (Å²) in [6.07, 6.45) is -0.0172. The second-order valence-corrected chi connectivity index (χ2v) is 5.57. The lowest BCUT2D eigenvalue weighted by atomic mass is 10.0. The van der Waals surface area contributed by atoms with Gasteiger partial charge in [0.15, 0.2) is 11.3 Å². The first-order valence-corrected chi connectivity index (χ1v) is 7.35. The minimum Gasteiger partial charge on any atom is -0.493 e. The van der Waals surface area contributed by atoms with Crippen molar-refractivity contribution in [2.75, 3.05) is 14.2 Å². The molecule has 0 spiro atoms. The Kier molecular flexibility index (Phi) is 4.93. The molecule has 23 heavy (non-hydrogen) atoms. The van der Waals surface area contributed by atoms with E-state index in [1.165, 1.54) is 14.2 Å². The second-order valence-electron chi connectivity index (χ2n) is 5.57. The third kappa shape index (κ3) is 3.31. The van der Waals surface area contributed by atoms with Gasteiger partial charge in [-0.25, -0.2) is 4.79 Å². The second kappa shape index (κ2) is 6.73. The molecule has 124 valence electrons. The SMILES string of the molecule is COc1ccc2c(C)c(CC(=O)NC(C)C)c(=O)oc2c1OC. The number of carbonyl (C=O) groups excluding carboxylic acids is 1. The zero-order chi connectivity index (χ0) is 17.1. The molecule has 0 saturated carbocycles. The molecule has 1 heterocycles. The number of hydrogen-bond donors (Lipinski definition) is 1. The van der Waals surface area contributed by atoms with Crippen LogP contribution >= 0.6 is 0 Å². The van der Waals surface area contributed by atoms with Gasteiger partial charge in [-0.05, 0) is 38.5 Å². The average Bonchev–Trinajstić information content (AvgIpc) is 2.49. The van der Waals surface area contributed by atoms with Gasteiger partial charge >= 0.3 is 5.63 Å². The Hall–Kier alpha value is -2.50. The first-order valence-electron chi connectivity index (χ1n) is 7.35. The Morgan fingerprint density at radius 1 is 1.26 bits per heavy atom. The Morgan fingerprint density at radius 3 is 2.52 bits per heavy atom. The van der Waals surface area contributed by atoms with Gasteiger partial charge in [0, 0.05) is 11.4 Å². The Labute approximate surface area is 134 Å². The summed E-state index contributed by atoms with van der Waals surface area (Å²) in [5.74, 6) is 0.631. The van der Waals surface area contributed by atoms with Crippen molar-refractivity contribution in [3.8, 4) is 11.5 Å². The first kappa shape index (κ1) is 16.9. The molecular weight excluding hydrogens is 298 g/mol. The van der Waals surface area contributed by atoms with Crippen molar-refractivity contribution in [1.82, 2.24) is 5.32 Å². The summed E-state index contributed by atoms with van der Waals surface area (Å²) in [5.41, 5.74) is 0.835. The number of carbonyl (C=O) groups is 1. The molecule has 0 unspecified atom stereocenters. The highest BCUT2D eigenvalue weighted by Crippen LogP contribution is 2.36. The molecule has 0 saturated heterocycles. The van der Waals surface area contributed by atoms with Crippen LogP contribution in [0.2, 0.25) is 0 Å². The molecule has 0 aliphatic heterocycles. The van der Waals surface area contributed by atoms with Gasteiger partial charge in [-0.3, -0.25) is 4.79 Å². The van der Waals surface area contributed by atoms with Gasteiger partial charge in [0.1, 0.15) is 0 Å². The molecule has 0 atom stereocenters. The van der Waals surface area contributed by atoms with Gasteiger partial charge in [0.05, 0.1) is 26.2 Å². The highest BCUT2D eigenvalue weighted by Gasteiger charge is 2.19.